The third-order valence-electron chi connectivity index (χ3n) is 6.71. The summed E-state index contributed by atoms with van der Waals surface area (Å²) in [6.07, 6.45) is -4.06. The van der Waals surface area contributed by atoms with Crippen molar-refractivity contribution < 1.29 is 23.1 Å². The van der Waals surface area contributed by atoms with Crippen LogP contribution in [0.25, 0.3) is 0 Å². The fourth-order valence-electron chi connectivity index (χ4n) is 4.70. The van der Waals surface area contributed by atoms with Gasteiger partial charge in [-0.1, -0.05) is 60.1 Å². The van der Waals surface area contributed by atoms with Gasteiger partial charge >= 0.3 is 6.18 Å². The molecule has 1 aliphatic heterocycles. The number of hydrogen-bond donors (Lipinski definition) is 1. The number of carbonyl (C=O) groups excluding carboxylic acids is 1. The zero-order valence-electron chi connectivity index (χ0n) is 20.0. The second-order valence-electron chi connectivity index (χ2n) is 9.19. The first kappa shape index (κ1) is 26.5. The first-order valence-electron chi connectivity index (χ1n) is 11.7. The first-order chi connectivity index (χ1) is 17.5. The number of benzene rings is 3. The monoisotopic (exact) mass is 527 g/mol. The maximum Gasteiger partial charge on any atom is 0.416 e. The zero-order chi connectivity index (χ0) is 26.8. The van der Waals surface area contributed by atoms with Gasteiger partial charge < -0.3 is 14.9 Å². The van der Waals surface area contributed by atoms with Gasteiger partial charge in [0.1, 0.15) is 6.07 Å². The summed E-state index contributed by atoms with van der Waals surface area (Å²) < 4.78 is 41.2. The number of anilines is 1. The summed E-state index contributed by atoms with van der Waals surface area (Å²) in [6, 6.07) is 20.3. The second kappa shape index (κ2) is 10.4. The number of hydrogen-bond acceptors (Lipinski definition) is 4. The lowest BCUT2D eigenvalue weighted by Crippen LogP contribution is -2.46. The third-order valence-corrected chi connectivity index (χ3v) is 7.02. The number of aliphatic hydroxyl groups is 1. The Bertz CT molecular complexity index is 1320. The Morgan fingerprint density at radius 3 is 2.46 bits per heavy atom. The molecule has 1 saturated heterocycles. The highest BCUT2D eigenvalue weighted by atomic mass is 35.5. The molecule has 0 aliphatic carbocycles. The Labute approximate surface area is 218 Å². The van der Waals surface area contributed by atoms with Crippen molar-refractivity contribution in [2.75, 3.05) is 18.0 Å². The summed E-state index contributed by atoms with van der Waals surface area (Å²) in [5.41, 5.74) is -1.16. The van der Waals surface area contributed by atoms with E-state index in [1.807, 2.05) is 6.07 Å². The molecule has 0 spiro atoms. The number of likely N-dealkylation sites (tertiary alicyclic amines) is 1. The van der Waals surface area contributed by atoms with Gasteiger partial charge in [-0.25, -0.2) is 0 Å². The van der Waals surface area contributed by atoms with Crippen molar-refractivity contribution in [1.82, 2.24) is 4.90 Å². The topological polar surface area (TPSA) is 67.6 Å². The van der Waals surface area contributed by atoms with Crippen LogP contribution < -0.4 is 4.90 Å². The lowest BCUT2D eigenvalue weighted by molar-refractivity contribution is -0.149. The summed E-state index contributed by atoms with van der Waals surface area (Å²) in [7, 11) is 0. The van der Waals surface area contributed by atoms with E-state index in [0.717, 1.165) is 6.07 Å². The van der Waals surface area contributed by atoms with Crippen molar-refractivity contribution in [3.63, 3.8) is 0 Å². The number of nitriles is 1. The molecule has 3 aromatic rings. The van der Waals surface area contributed by atoms with E-state index in [1.54, 1.807) is 53.4 Å². The molecular formula is C28H25ClF3N3O2. The molecule has 37 heavy (non-hydrogen) atoms. The summed E-state index contributed by atoms with van der Waals surface area (Å²) in [5.74, 6) is -0.477. The molecule has 2 atom stereocenters. The van der Waals surface area contributed by atoms with Crippen LogP contribution in [0.4, 0.5) is 18.9 Å². The van der Waals surface area contributed by atoms with E-state index < -0.39 is 23.2 Å². The fraction of sp³-hybridized carbons (Fsp3) is 0.286. The van der Waals surface area contributed by atoms with Gasteiger partial charge in [-0.05, 0) is 48.7 Å². The Kier molecular flexibility index (Phi) is 7.49. The van der Waals surface area contributed by atoms with Gasteiger partial charge in [0.25, 0.3) is 5.91 Å². The van der Waals surface area contributed by atoms with Crippen LogP contribution >= 0.6 is 11.6 Å². The largest absolute Gasteiger partial charge is 0.416 e. The molecule has 3 aromatic carbocycles. The van der Waals surface area contributed by atoms with Crippen LogP contribution in [0.2, 0.25) is 5.02 Å². The van der Waals surface area contributed by atoms with Crippen LogP contribution in [-0.2, 0) is 23.1 Å². The van der Waals surface area contributed by atoms with Crippen LogP contribution in [0.15, 0.2) is 72.8 Å². The molecule has 1 fully saturated rings. The van der Waals surface area contributed by atoms with Crippen molar-refractivity contribution in [3.05, 3.63) is 100 Å². The predicted octanol–water partition coefficient (Wildman–Crippen LogP) is 5.75. The third kappa shape index (κ3) is 5.58. The normalized spacial score (nSPS) is 17.2. The van der Waals surface area contributed by atoms with Crippen molar-refractivity contribution >= 4 is 23.2 Å². The van der Waals surface area contributed by atoms with Gasteiger partial charge in [-0.15, -0.1) is 0 Å². The van der Waals surface area contributed by atoms with E-state index in [9.17, 15) is 28.3 Å². The van der Waals surface area contributed by atoms with Gasteiger partial charge in [-0.2, -0.15) is 18.4 Å². The van der Waals surface area contributed by atoms with E-state index in [2.05, 4.69) is 0 Å². The molecule has 192 valence electrons. The average Bonchev–Trinajstić information content (AvgIpc) is 3.36. The lowest BCUT2D eigenvalue weighted by atomic mass is 9.94. The van der Waals surface area contributed by atoms with Crippen LogP contribution in [0.3, 0.4) is 0 Å². The van der Waals surface area contributed by atoms with Crippen molar-refractivity contribution in [1.29, 1.82) is 5.26 Å². The highest BCUT2D eigenvalue weighted by Gasteiger charge is 2.41. The van der Waals surface area contributed by atoms with Gasteiger partial charge in [-0.3, -0.25) is 4.79 Å². The molecule has 0 saturated carbocycles. The van der Waals surface area contributed by atoms with E-state index in [1.165, 1.54) is 30.0 Å². The van der Waals surface area contributed by atoms with E-state index in [-0.39, 0.29) is 35.3 Å². The van der Waals surface area contributed by atoms with Gasteiger partial charge in [0.05, 0.1) is 16.1 Å². The van der Waals surface area contributed by atoms with Crippen LogP contribution in [0.1, 0.15) is 35.6 Å². The highest BCUT2D eigenvalue weighted by Crippen LogP contribution is 2.36. The Hall–Kier alpha value is -3.54. The van der Waals surface area contributed by atoms with Crippen LogP contribution in [-0.4, -0.2) is 35.0 Å². The summed E-state index contributed by atoms with van der Waals surface area (Å²) in [6.45, 7) is 1.89. The SMILES string of the molecule is C[C@@](O)(C(=O)N1CC[C@H](N(Cc2ccccc2C(F)(F)F)c2ccc(C#N)c(Cl)c2)C1)c1ccccc1. The van der Waals surface area contributed by atoms with Crippen molar-refractivity contribution in [2.24, 2.45) is 0 Å². The van der Waals surface area contributed by atoms with Gasteiger partial charge in [0.15, 0.2) is 5.60 Å². The Balaban J connectivity index is 1.66. The van der Waals surface area contributed by atoms with Gasteiger partial charge in [0, 0.05) is 31.4 Å². The maximum absolute atomic E-state index is 13.7. The molecule has 0 aromatic heterocycles. The molecule has 9 heteroatoms. The predicted molar refractivity (Wildman–Crippen MR) is 135 cm³/mol. The minimum Gasteiger partial charge on any atom is -0.376 e. The molecule has 1 heterocycles. The Morgan fingerprint density at radius 2 is 1.81 bits per heavy atom. The molecule has 0 radical (unpaired) electrons. The first-order valence-corrected chi connectivity index (χ1v) is 12.1. The highest BCUT2D eigenvalue weighted by molar-refractivity contribution is 6.32. The molecule has 5 nitrogen and oxygen atoms in total. The average molecular weight is 528 g/mol. The number of nitrogens with zero attached hydrogens (tertiary/aromatic N) is 3. The molecule has 0 bridgehead atoms. The molecule has 0 unspecified atom stereocenters. The van der Waals surface area contributed by atoms with Crippen molar-refractivity contribution in [2.45, 2.75) is 37.7 Å². The molecule has 1 amide bonds. The molecular weight excluding hydrogens is 503 g/mol. The molecule has 1 N–H and O–H groups in total. The summed E-state index contributed by atoms with van der Waals surface area (Å²) >= 11 is 6.27. The van der Waals surface area contributed by atoms with Crippen LogP contribution in [0.5, 0.6) is 0 Å². The summed E-state index contributed by atoms with van der Waals surface area (Å²) in [5, 5.41) is 20.5. The fourth-order valence-corrected chi connectivity index (χ4v) is 4.91. The van der Waals surface area contributed by atoms with Gasteiger partial charge in [0.2, 0.25) is 0 Å². The molecule has 1 aliphatic rings. The number of carbonyl (C=O) groups is 1. The number of alkyl halides is 3. The second-order valence-corrected chi connectivity index (χ2v) is 9.60. The lowest BCUT2D eigenvalue weighted by Gasteiger charge is -2.33. The van der Waals surface area contributed by atoms with Crippen molar-refractivity contribution in [3.8, 4) is 6.07 Å². The Morgan fingerprint density at radius 1 is 1.14 bits per heavy atom. The molecule has 4 rings (SSSR count). The van der Waals surface area contributed by atoms with E-state index in [4.69, 9.17) is 11.6 Å². The number of amides is 1. The number of halogens is 4. The zero-order valence-corrected chi connectivity index (χ0v) is 20.8. The standard InChI is InChI=1S/C28H25ClF3N3O2/c1-27(37,21-8-3-2-4-9-21)26(36)34-14-13-23(18-34)35(22-12-11-19(16-33)25(29)15-22)17-20-7-5-6-10-24(20)28(30,31)32/h2-12,15,23,37H,13-14,17-18H2,1H3/t23-,27-/m0/s1. The quantitative estimate of drug-likeness (QED) is 0.443. The minimum atomic E-state index is -4.53. The smallest absolute Gasteiger partial charge is 0.376 e. The number of rotatable bonds is 6. The van der Waals surface area contributed by atoms with Crippen LogP contribution in [0, 0.1) is 11.3 Å². The minimum absolute atomic E-state index is 0.0801. The summed E-state index contributed by atoms with van der Waals surface area (Å²) in [4.78, 5) is 16.6. The van der Waals surface area contributed by atoms with E-state index >= 15 is 0 Å². The van der Waals surface area contributed by atoms with E-state index in [0.29, 0.717) is 24.2 Å². The maximum atomic E-state index is 13.7.